The monoisotopic (exact) mass is 323 g/mol. The van der Waals surface area contributed by atoms with Crippen molar-refractivity contribution in [3.05, 3.63) is 71.8 Å². The highest BCUT2D eigenvalue weighted by Gasteiger charge is 2.27. The van der Waals surface area contributed by atoms with Gasteiger partial charge in [0, 0.05) is 45.3 Å². The third kappa shape index (κ3) is 4.91. The molecule has 0 spiro atoms. The summed E-state index contributed by atoms with van der Waals surface area (Å²) in [6.07, 6.45) is 0. The highest BCUT2D eigenvalue weighted by atomic mass is 15.3. The minimum atomic E-state index is 0.581. The maximum Gasteiger partial charge on any atom is 0.0354 e. The summed E-state index contributed by atoms with van der Waals surface area (Å²) in [6.45, 7) is 6.65. The lowest BCUT2D eigenvalue weighted by Gasteiger charge is -2.42. The summed E-state index contributed by atoms with van der Waals surface area (Å²) in [6, 6.07) is 22.3. The van der Waals surface area contributed by atoms with E-state index in [2.05, 4.69) is 89.5 Å². The molecule has 2 aromatic carbocycles. The summed E-state index contributed by atoms with van der Waals surface area (Å²) in [4.78, 5) is 7.57. The van der Waals surface area contributed by atoms with Gasteiger partial charge in [-0.3, -0.25) is 9.80 Å². The van der Waals surface area contributed by atoms with Gasteiger partial charge in [0.2, 0.25) is 0 Å². The van der Waals surface area contributed by atoms with Crippen LogP contribution in [0.4, 0.5) is 0 Å². The smallest absolute Gasteiger partial charge is 0.0354 e. The molecular weight excluding hydrogens is 294 g/mol. The van der Waals surface area contributed by atoms with Crippen LogP contribution in [0, 0.1) is 0 Å². The minimum absolute atomic E-state index is 0.581. The first-order valence-electron chi connectivity index (χ1n) is 8.89. The first-order chi connectivity index (χ1) is 11.7. The number of hydrogen-bond acceptors (Lipinski definition) is 3. The molecule has 2 aromatic rings. The van der Waals surface area contributed by atoms with E-state index >= 15 is 0 Å². The molecule has 0 amide bonds. The molecular formula is C21H29N3. The van der Waals surface area contributed by atoms with Gasteiger partial charge in [0.1, 0.15) is 0 Å². The van der Waals surface area contributed by atoms with E-state index in [0.29, 0.717) is 6.04 Å². The zero-order valence-electron chi connectivity index (χ0n) is 14.9. The molecule has 1 atom stereocenters. The van der Waals surface area contributed by atoms with E-state index in [4.69, 9.17) is 0 Å². The van der Waals surface area contributed by atoms with E-state index in [0.717, 1.165) is 39.3 Å². The molecule has 1 saturated heterocycles. The van der Waals surface area contributed by atoms with Gasteiger partial charge in [-0.1, -0.05) is 60.7 Å². The summed E-state index contributed by atoms with van der Waals surface area (Å²) in [7, 11) is 4.35. The Morgan fingerprint density at radius 2 is 1.42 bits per heavy atom. The van der Waals surface area contributed by atoms with Crippen LogP contribution in [-0.2, 0) is 13.1 Å². The largest absolute Gasteiger partial charge is 0.308 e. The van der Waals surface area contributed by atoms with Gasteiger partial charge >= 0.3 is 0 Å². The van der Waals surface area contributed by atoms with Crippen molar-refractivity contribution < 1.29 is 0 Å². The molecule has 1 fully saturated rings. The van der Waals surface area contributed by atoms with Gasteiger partial charge in [-0.25, -0.2) is 0 Å². The molecule has 3 nitrogen and oxygen atoms in total. The van der Waals surface area contributed by atoms with Crippen molar-refractivity contribution in [3.63, 3.8) is 0 Å². The van der Waals surface area contributed by atoms with Gasteiger partial charge in [-0.2, -0.15) is 0 Å². The molecule has 128 valence electrons. The van der Waals surface area contributed by atoms with E-state index in [9.17, 15) is 0 Å². The molecule has 1 aliphatic heterocycles. The van der Waals surface area contributed by atoms with E-state index in [1.807, 2.05) is 0 Å². The van der Waals surface area contributed by atoms with E-state index in [1.54, 1.807) is 0 Å². The van der Waals surface area contributed by atoms with Crippen LogP contribution in [0.15, 0.2) is 60.7 Å². The predicted molar refractivity (Wildman–Crippen MR) is 101 cm³/mol. The third-order valence-corrected chi connectivity index (χ3v) is 4.74. The standard InChI is InChI=1S/C21H29N3/c1-22(2)17-21-18-23(15-19-9-5-3-6-10-19)13-14-24(21)16-20-11-7-4-8-12-20/h3-12,21H,13-18H2,1-2H3/t21-/m0/s1. The summed E-state index contributed by atoms with van der Waals surface area (Å²) in [5, 5.41) is 0. The SMILES string of the molecule is CN(C)C[C@H]1CN(Cc2ccccc2)CCN1Cc1ccccc1. The highest BCUT2D eigenvalue weighted by Crippen LogP contribution is 2.17. The number of benzene rings is 2. The quantitative estimate of drug-likeness (QED) is 0.809. The zero-order valence-corrected chi connectivity index (χ0v) is 14.9. The molecule has 0 unspecified atom stereocenters. The Kier molecular flexibility index (Phi) is 6.02. The summed E-state index contributed by atoms with van der Waals surface area (Å²) < 4.78 is 0. The van der Waals surface area contributed by atoms with Crippen molar-refractivity contribution in [1.29, 1.82) is 0 Å². The van der Waals surface area contributed by atoms with Gasteiger partial charge in [-0.05, 0) is 25.2 Å². The lowest BCUT2D eigenvalue weighted by atomic mass is 10.1. The topological polar surface area (TPSA) is 9.72 Å². The Hall–Kier alpha value is -1.68. The van der Waals surface area contributed by atoms with Gasteiger partial charge in [0.25, 0.3) is 0 Å². The zero-order chi connectivity index (χ0) is 16.8. The minimum Gasteiger partial charge on any atom is -0.308 e. The number of hydrogen-bond donors (Lipinski definition) is 0. The van der Waals surface area contributed by atoms with Crippen molar-refractivity contribution in [2.24, 2.45) is 0 Å². The van der Waals surface area contributed by atoms with Gasteiger partial charge < -0.3 is 4.90 Å². The Morgan fingerprint density at radius 1 is 0.833 bits per heavy atom. The van der Waals surface area contributed by atoms with Crippen LogP contribution < -0.4 is 0 Å². The predicted octanol–water partition coefficient (Wildman–Crippen LogP) is 2.93. The fraction of sp³-hybridized carbons (Fsp3) is 0.429. The summed E-state index contributed by atoms with van der Waals surface area (Å²) in [5.41, 5.74) is 2.83. The number of nitrogens with zero attached hydrogens (tertiary/aromatic N) is 3. The van der Waals surface area contributed by atoms with E-state index in [-0.39, 0.29) is 0 Å². The van der Waals surface area contributed by atoms with Crippen LogP contribution >= 0.6 is 0 Å². The summed E-state index contributed by atoms with van der Waals surface area (Å²) in [5.74, 6) is 0. The molecule has 24 heavy (non-hydrogen) atoms. The number of rotatable bonds is 6. The molecule has 0 bridgehead atoms. The lowest BCUT2D eigenvalue weighted by Crippen LogP contribution is -2.55. The van der Waals surface area contributed by atoms with Gasteiger partial charge in [0.15, 0.2) is 0 Å². The molecule has 0 N–H and O–H groups in total. The van der Waals surface area contributed by atoms with Crippen LogP contribution in [0.25, 0.3) is 0 Å². The third-order valence-electron chi connectivity index (χ3n) is 4.74. The van der Waals surface area contributed by atoms with Crippen LogP contribution in [0.1, 0.15) is 11.1 Å². The lowest BCUT2D eigenvalue weighted by molar-refractivity contribution is 0.0502. The van der Waals surface area contributed by atoms with Crippen molar-refractivity contribution in [3.8, 4) is 0 Å². The van der Waals surface area contributed by atoms with E-state index in [1.165, 1.54) is 11.1 Å². The molecule has 3 rings (SSSR count). The maximum absolute atomic E-state index is 2.65. The molecule has 1 aliphatic rings. The fourth-order valence-electron chi connectivity index (χ4n) is 3.56. The Labute approximate surface area is 146 Å². The van der Waals surface area contributed by atoms with Crippen molar-refractivity contribution >= 4 is 0 Å². The highest BCUT2D eigenvalue weighted by molar-refractivity contribution is 5.16. The number of piperazine rings is 1. The van der Waals surface area contributed by atoms with Crippen molar-refractivity contribution in [2.45, 2.75) is 19.1 Å². The van der Waals surface area contributed by atoms with Crippen molar-refractivity contribution in [2.75, 3.05) is 40.3 Å². The Balaban J connectivity index is 1.64. The molecule has 0 saturated carbocycles. The van der Waals surface area contributed by atoms with Crippen LogP contribution in [-0.4, -0.2) is 61.0 Å². The first kappa shape index (κ1) is 17.2. The molecule has 0 radical (unpaired) electrons. The van der Waals surface area contributed by atoms with Crippen molar-refractivity contribution in [1.82, 2.24) is 14.7 Å². The van der Waals surface area contributed by atoms with Gasteiger partial charge in [0.05, 0.1) is 0 Å². The Bertz CT molecular complexity index is 597. The molecule has 0 aromatic heterocycles. The second kappa shape index (κ2) is 8.43. The molecule has 1 heterocycles. The first-order valence-corrected chi connectivity index (χ1v) is 8.89. The average molecular weight is 323 g/mol. The van der Waals surface area contributed by atoms with Gasteiger partial charge in [-0.15, -0.1) is 0 Å². The van der Waals surface area contributed by atoms with E-state index < -0.39 is 0 Å². The number of likely N-dealkylation sites (N-methyl/N-ethyl adjacent to an activating group) is 1. The second-order valence-corrected chi connectivity index (χ2v) is 7.09. The maximum atomic E-state index is 2.65. The Morgan fingerprint density at radius 3 is 2.00 bits per heavy atom. The normalized spacial score (nSPS) is 19.7. The molecule has 0 aliphatic carbocycles. The van der Waals surface area contributed by atoms with Crippen LogP contribution in [0.5, 0.6) is 0 Å². The summed E-state index contributed by atoms with van der Waals surface area (Å²) >= 11 is 0. The molecule has 3 heteroatoms. The van der Waals surface area contributed by atoms with Crippen LogP contribution in [0.2, 0.25) is 0 Å². The van der Waals surface area contributed by atoms with Crippen LogP contribution in [0.3, 0.4) is 0 Å². The average Bonchev–Trinajstić information content (AvgIpc) is 2.59. The second-order valence-electron chi connectivity index (χ2n) is 7.09. The fourth-order valence-corrected chi connectivity index (χ4v) is 3.56.